The van der Waals surface area contributed by atoms with Gasteiger partial charge in [-0.15, -0.1) is 0 Å². The topological polar surface area (TPSA) is 83.0 Å². The fourth-order valence-electron chi connectivity index (χ4n) is 3.05. The third-order valence-corrected chi connectivity index (χ3v) is 6.54. The van der Waals surface area contributed by atoms with Gasteiger partial charge in [0.05, 0.1) is 12.3 Å². The molecule has 0 radical (unpaired) electrons. The lowest BCUT2D eigenvalue weighted by Gasteiger charge is -2.32. The lowest BCUT2D eigenvalue weighted by atomic mass is 10.1. The first-order valence-corrected chi connectivity index (χ1v) is 11.1. The summed E-state index contributed by atoms with van der Waals surface area (Å²) in [5.41, 5.74) is 1.17. The Labute approximate surface area is 163 Å². The number of guanidine groups is 1. The Bertz CT molecular complexity index is 728. The van der Waals surface area contributed by atoms with Crippen LogP contribution in [0.2, 0.25) is 0 Å². The van der Waals surface area contributed by atoms with E-state index in [2.05, 4.69) is 15.6 Å². The lowest BCUT2D eigenvalue weighted by molar-refractivity contribution is 0.223. The van der Waals surface area contributed by atoms with E-state index in [9.17, 15) is 8.42 Å². The van der Waals surface area contributed by atoms with Gasteiger partial charge < -0.3 is 15.4 Å². The van der Waals surface area contributed by atoms with Crippen LogP contribution in [0.25, 0.3) is 0 Å². The Morgan fingerprint density at radius 3 is 2.67 bits per heavy atom. The molecular weight excluding hydrogens is 364 g/mol. The number of benzene rings is 1. The summed E-state index contributed by atoms with van der Waals surface area (Å²) < 4.78 is 31.4. The van der Waals surface area contributed by atoms with Crippen LogP contribution in [-0.4, -0.2) is 63.3 Å². The average molecular weight is 397 g/mol. The van der Waals surface area contributed by atoms with Gasteiger partial charge in [-0.2, -0.15) is 0 Å². The number of ether oxygens (including phenoxy) is 1. The zero-order valence-corrected chi connectivity index (χ0v) is 17.6. The Morgan fingerprint density at radius 1 is 1.37 bits per heavy atom. The van der Waals surface area contributed by atoms with Gasteiger partial charge in [-0.05, 0) is 51.3 Å². The van der Waals surface area contributed by atoms with E-state index in [4.69, 9.17) is 4.74 Å². The standard InChI is InChI=1S/C19H32N4O3S/c1-5-27(24,25)23-11-9-17(10-12-23)22-19(20-4)21-14-16(3)26-18-8-6-7-15(2)13-18/h6-8,13,16-17H,5,9-12,14H2,1-4H3,(H2,20,21,22). The zero-order chi connectivity index (χ0) is 19.9. The highest BCUT2D eigenvalue weighted by molar-refractivity contribution is 7.89. The number of nitrogens with one attached hydrogen (secondary N) is 2. The summed E-state index contributed by atoms with van der Waals surface area (Å²) in [6.45, 7) is 7.47. The molecule has 0 saturated carbocycles. The highest BCUT2D eigenvalue weighted by Gasteiger charge is 2.27. The Kier molecular flexibility index (Phi) is 7.91. The smallest absolute Gasteiger partial charge is 0.213 e. The predicted molar refractivity (Wildman–Crippen MR) is 110 cm³/mol. The van der Waals surface area contributed by atoms with Crippen molar-refractivity contribution in [2.75, 3.05) is 32.4 Å². The van der Waals surface area contributed by atoms with Gasteiger partial charge in [0.2, 0.25) is 10.0 Å². The van der Waals surface area contributed by atoms with Crippen LogP contribution in [-0.2, 0) is 10.0 Å². The van der Waals surface area contributed by atoms with Crippen molar-refractivity contribution in [2.45, 2.75) is 45.8 Å². The molecule has 2 N–H and O–H groups in total. The average Bonchev–Trinajstić information content (AvgIpc) is 2.65. The van der Waals surface area contributed by atoms with Crippen molar-refractivity contribution in [2.24, 2.45) is 4.99 Å². The van der Waals surface area contributed by atoms with Crippen molar-refractivity contribution >= 4 is 16.0 Å². The number of aliphatic imine (C=N–C) groups is 1. The molecule has 0 spiro atoms. The molecule has 0 bridgehead atoms. The number of sulfonamides is 1. The van der Waals surface area contributed by atoms with Crippen LogP contribution >= 0.6 is 0 Å². The number of aryl methyl sites for hydroxylation is 1. The maximum atomic E-state index is 11.9. The van der Waals surface area contributed by atoms with Crippen LogP contribution in [0.3, 0.4) is 0 Å². The van der Waals surface area contributed by atoms with Crippen molar-refractivity contribution in [1.82, 2.24) is 14.9 Å². The molecule has 8 heteroatoms. The van der Waals surface area contributed by atoms with Crippen molar-refractivity contribution < 1.29 is 13.2 Å². The fraction of sp³-hybridized carbons (Fsp3) is 0.632. The molecule has 1 heterocycles. The second-order valence-corrected chi connectivity index (χ2v) is 9.17. The molecule has 1 aliphatic rings. The highest BCUT2D eigenvalue weighted by Crippen LogP contribution is 2.15. The van der Waals surface area contributed by atoms with Gasteiger partial charge in [0.15, 0.2) is 5.96 Å². The first-order valence-electron chi connectivity index (χ1n) is 9.52. The summed E-state index contributed by atoms with van der Waals surface area (Å²) in [7, 11) is -1.36. The molecule has 1 aromatic rings. The molecule has 0 aromatic heterocycles. The summed E-state index contributed by atoms with van der Waals surface area (Å²) in [4.78, 5) is 4.27. The fourth-order valence-corrected chi connectivity index (χ4v) is 4.18. The third kappa shape index (κ3) is 6.70. The second-order valence-electron chi connectivity index (χ2n) is 6.92. The number of piperidine rings is 1. The van der Waals surface area contributed by atoms with Crippen LogP contribution in [0.5, 0.6) is 5.75 Å². The van der Waals surface area contributed by atoms with Gasteiger partial charge in [0.25, 0.3) is 0 Å². The van der Waals surface area contributed by atoms with Crippen LogP contribution in [0, 0.1) is 6.92 Å². The molecule has 1 atom stereocenters. The maximum Gasteiger partial charge on any atom is 0.213 e. The van der Waals surface area contributed by atoms with Gasteiger partial charge >= 0.3 is 0 Å². The SMILES string of the molecule is CCS(=O)(=O)N1CCC(NC(=NC)NCC(C)Oc2cccc(C)c2)CC1. The molecule has 1 saturated heterocycles. The predicted octanol–water partition coefficient (Wildman–Crippen LogP) is 1.74. The van der Waals surface area contributed by atoms with Gasteiger partial charge in [0.1, 0.15) is 11.9 Å². The van der Waals surface area contributed by atoms with Crippen LogP contribution < -0.4 is 15.4 Å². The third-order valence-electron chi connectivity index (χ3n) is 4.66. The van der Waals surface area contributed by atoms with E-state index in [1.807, 2.05) is 38.1 Å². The highest BCUT2D eigenvalue weighted by atomic mass is 32.2. The molecule has 0 amide bonds. The van der Waals surface area contributed by atoms with E-state index in [1.165, 1.54) is 5.56 Å². The van der Waals surface area contributed by atoms with Crippen LogP contribution in [0.15, 0.2) is 29.3 Å². The van der Waals surface area contributed by atoms with Gasteiger partial charge in [-0.25, -0.2) is 12.7 Å². The number of rotatable bonds is 7. The molecule has 1 fully saturated rings. The molecule has 0 aliphatic carbocycles. The van der Waals surface area contributed by atoms with Crippen molar-refractivity contribution in [3.05, 3.63) is 29.8 Å². The van der Waals surface area contributed by atoms with E-state index in [0.29, 0.717) is 25.6 Å². The van der Waals surface area contributed by atoms with E-state index in [1.54, 1.807) is 18.3 Å². The molecule has 27 heavy (non-hydrogen) atoms. The minimum Gasteiger partial charge on any atom is -0.489 e. The van der Waals surface area contributed by atoms with E-state index in [0.717, 1.165) is 18.6 Å². The first kappa shape index (κ1) is 21.5. The maximum absolute atomic E-state index is 11.9. The number of hydrogen-bond acceptors (Lipinski definition) is 4. The summed E-state index contributed by atoms with van der Waals surface area (Å²) in [5, 5.41) is 6.67. The normalized spacial score (nSPS) is 18.1. The Morgan fingerprint density at radius 2 is 2.07 bits per heavy atom. The monoisotopic (exact) mass is 396 g/mol. The van der Waals surface area contributed by atoms with Crippen molar-refractivity contribution in [3.63, 3.8) is 0 Å². The minimum atomic E-state index is -3.09. The summed E-state index contributed by atoms with van der Waals surface area (Å²) in [5.74, 6) is 1.73. The van der Waals surface area contributed by atoms with E-state index in [-0.39, 0.29) is 17.9 Å². The zero-order valence-electron chi connectivity index (χ0n) is 16.7. The van der Waals surface area contributed by atoms with Crippen LogP contribution in [0.4, 0.5) is 0 Å². The Hall–Kier alpha value is -1.80. The quantitative estimate of drug-likeness (QED) is 0.542. The molecule has 2 rings (SSSR count). The summed E-state index contributed by atoms with van der Waals surface area (Å²) in [6, 6.07) is 8.21. The Balaban J connectivity index is 1.76. The molecule has 1 aromatic carbocycles. The minimum absolute atomic E-state index is 0.0121. The number of nitrogens with zero attached hydrogens (tertiary/aromatic N) is 2. The van der Waals surface area contributed by atoms with Gasteiger partial charge in [-0.1, -0.05) is 12.1 Å². The summed E-state index contributed by atoms with van der Waals surface area (Å²) >= 11 is 0. The molecule has 7 nitrogen and oxygen atoms in total. The lowest BCUT2D eigenvalue weighted by Crippen LogP contribution is -2.51. The molecule has 1 aliphatic heterocycles. The van der Waals surface area contributed by atoms with Gasteiger partial charge in [0, 0.05) is 26.2 Å². The van der Waals surface area contributed by atoms with E-state index >= 15 is 0 Å². The largest absolute Gasteiger partial charge is 0.489 e. The van der Waals surface area contributed by atoms with Crippen molar-refractivity contribution in [1.29, 1.82) is 0 Å². The molecule has 1 unspecified atom stereocenters. The first-order chi connectivity index (χ1) is 12.8. The van der Waals surface area contributed by atoms with Crippen molar-refractivity contribution in [3.8, 4) is 5.75 Å². The second kappa shape index (κ2) is 9.94. The van der Waals surface area contributed by atoms with E-state index < -0.39 is 10.0 Å². The molecular formula is C19H32N4O3S. The summed E-state index contributed by atoms with van der Waals surface area (Å²) in [6.07, 6.45) is 1.53. The van der Waals surface area contributed by atoms with Gasteiger partial charge in [-0.3, -0.25) is 4.99 Å². The number of hydrogen-bond donors (Lipinski definition) is 2. The molecule has 152 valence electrons. The van der Waals surface area contributed by atoms with Crippen LogP contribution in [0.1, 0.15) is 32.3 Å².